The Hall–Kier alpha value is -3.00. The van der Waals surface area contributed by atoms with Gasteiger partial charge in [0, 0.05) is 11.5 Å². The van der Waals surface area contributed by atoms with Crippen molar-refractivity contribution < 1.29 is 27.4 Å². The fourth-order valence-corrected chi connectivity index (χ4v) is 4.82. The van der Waals surface area contributed by atoms with Crippen LogP contribution in [0.2, 0.25) is 0 Å². The molecule has 0 unspecified atom stereocenters. The van der Waals surface area contributed by atoms with E-state index in [2.05, 4.69) is 6.92 Å². The first-order chi connectivity index (χ1) is 14.9. The molecule has 0 saturated heterocycles. The molecule has 1 aromatic heterocycles. The predicted molar refractivity (Wildman–Crippen MR) is 118 cm³/mol. The third-order valence-electron chi connectivity index (χ3n) is 4.81. The van der Waals surface area contributed by atoms with E-state index in [0.717, 1.165) is 23.2 Å². The van der Waals surface area contributed by atoms with E-state index < -0.39 is 16.0 Å². The molecular weight excluding hydrogens is 418 g/mol. The molecule has 0 fully saturated rings. The van der Waals surface area contributed by atoms with Gasteiger partial charge in [-0.1, -0.05) is 38.0 Å². The zero-order valence-electron chi connectivity index (χ0n) is 18.0. The summed E-state index contributed by atoms with van der Waals surface area (Å²) in [5, 5.41) is 0.536. The van der Waals surface area contributed by atoms with Crippen molar-refractivity contribution in [3.63, 3.8) is 0 Å². The molecule has 0 atom stereocenters. The molecule has 3 rings (SSSR count). The van der Waals surface area contributed by atoms with Crippen molar-refractivity contribution in [1.82, 2.24) is 3.97 Å². The number of carbonyl (C=O) groups is 1. The summed E-state index contributed by atoms with van der Waals surface area (Å²) in [6.07, 6.45) is 3.01. The van der Waals surface area contributed by atoms with Gasteiger partial charge in [0.2, 0.25) is 0 Å². The van der Waals surface area contributed by atoms with Crippen LogP contribution in [0.3, 0.4) is 0 Å². The Morgan fingerprint density at radius 1 is 1.00 bits per heavy atom. The van der Waals surface area contributed by atoms with Crippen LogP contribution in [-0.2, 0) is 14.8 Å². The van der Waals surface area contributed by atoms with Crippen molar-refractivity contribution in [2.24, 2.45) is 0 Å². The topological polar surface area (TPSA) is 83.8 Å². The molecule has 0 aliphatic carbocycles. The van der Waals surface area contributed by atoms with Crippen LogP contribution < -0.4 is 9.47 Å². The monoisotopic (exact) mass is 445 g/mol. The molecule has 166 valence electrons. The van der Waals surface area contributed by atoms with Crippen LogP contribution >= 0.6 is 0 Å². The molecule has 0 saturated carbocycles. The van der Waals surface area contributed by atoms with Crippen molar-refractivity contribution in [3.8, 4) is 11.5 Å². The van der Waals surface area contributed by atoms with Crippen LogP contribution in [-0.4, -0.2) is 38.7 Å². The molecule has 7 nitrogen and oxygen atoms in total. The predicted octanol–water partition coefficient (Wildman–Crippen LogP) is 4.63. The third kappa shape index (κ3) is 4.69. The SMILES string of the molecule is CCCCCOc1cc2cc(C(=O)OCC)n(S(=O)(=O)c3ccccc3)c2cc1OC. The van der Waals surface area contributed by atoms with Crippen LogP contribution in [0.15, 0.2) is 53.4 Å². The van der Waals surface area contributed by atoms with Crippen molar-refractivity contribution in [3.05, 3.63) is 54.2 Å². The Labute approximate surface area is 182 Å². The third-order valence-corrected chi connectivity index (χ3v) is 6.56. The lowest BCUT2D eigenvalue weighted by Crippen LogP contribution is -2.19. The molecule has 0 aliphatic rings. The largest absolute Gasteiger partial charge is 0.493 e. The van der Waals surface area contributed by atoms with Gasteiger partial charge in [-0.3, -0.25) is 0 Å². The van der Waals surface area contributed by atoms with Gasteiger partial charge in [-0.2, -0.15) is 0 Å². The maximum atomic E-state index is 13.5. The smallest absolute Gasteiger partial charge is 0.356 e. The number of fused-ring (bicyclic) bond motifs is 1. The Kier molecular flexibility index (Phi) is 7.22. The highest BCUT2D eigenvalue weighted by Gasteiger charge is 2.28. The molecule has 0 aliphatic heterocycles. The summed E-state index contributed by atoms with van der Waals surface area (Å²) in [5.74, 6) is 0.167. The molecule has 8 heteroatoms. The first kappa shape index (κ1) is 22.7. The van der Waals surface area contributed by atoms with Crippen molar-refractivity contribution >= 4 is 26.9 Å². The maximum Gasteiger partial charge on any atom is 0.356 e. The molecule has 0 amide bonds. The van der Waals surface area contributed by atoms with Gasteiger partial charge in [0.15, 0.2) is 11.5 Å². The van der Waals surface area contributed by atoms with E-state index in [-0.39, 0.29) is 17.2 Å². The number of aromatic nitrogens is 1. The zero-order valence-corrected chi connectivity index (χ0v) is 18.8. The molecule has 31 heavy (non-hydrogen) atoms. The minimum atomic E-state index is -4.06. The zero-order chi connectivity index (χ0) is 22.4. The van der Waals surface area contributed by atoms with Crippen LogP contribution in [0, 0.1) is 0 Å². The second-order valence-corrected chi connectivity index (χ2v) is 8.74. The summed E-state index contributed by atoms with van der Waals surface area (Å²) in [6.45, 7) is 4.42. The quantitative estimate of drug-likeness (QED) is 0.334. The molecule has 3 aromatic rings. The Morgan fingerprint density at radius 3 is 2.39 bits per heavy atom. The van der Waals surface area contributed by atoms with Gasteiger partial charge in [0.1, 0.15) is 5.69 Å². The fourth-order valence-electron chi connectivity index (χ4n) is 3.30. The van der Waals surface area contributed by atoms with Gasteiger partial charge in [0.05, 0.1) is 30.7 Å². The van der Waals surface area contributed by atoms with Gasteiger partial charge in [0.25, 0.3) is 10.0 Å². The van der Waals surface area contributed by atoms with Crippen molar-refractivity contribution in [2.45, 2.75) is 38.0 Å². The second kappa shape index (κ2) is 9.87. The number of methoxy groups -OCH3 is 1. The lowest BCUT2D eigenvalue weighted by atomic mass is 10.2. The van der Waals surface area contributed by atoms with Crippen LogP contribution in [0.1, 0.15) is 43.6 Å². The molecule has 0 N–H and O–H groups in total. The summed E-state index contributed by atoms with van der Waals surface area (Å²) in [7, 11) is -2.57. The summed E-state index contributed by atoms with van der Waals surface area (Å²) in [5.41, 5.74) is 0.232. The van der Waals surface area contributed by atoms with Gasteiger partial charge in [-0.25, -0.2) is 17.2 Å². The number of carbonyl (C=O) groups excluding carboxylic acids is 1. The Balaban J connectivity index is 2.19. The number of benzene rings is 2. The normalized spacial score (nSPS) is 11.5. The summed E-state index contributed by atoms with van der Waals surface area (Å²) in [4.78, 5) is 12.7. The van der Waals surface area contributed by atoms with Gasteiger partial charge >= 0.3 is 5.97 Å². The van der Waals surface area contributed by atoms with Gasteiger partial charge in [-0.15, -0.1) is 0 Å². The first-order valence-corrected chi connectivity index (χ1v) is 11.7. The molecule has 0 bridgehead atoms. The number of hydrogen-bond donors (Lipinski definition) is 0. The minimum absolute atomic E-state index is 0.0666. The number of unbranched alkanes of at least 4 members (excludes halogenated alkanes) is 2. The first-order valence-electron chi connectivity index (χ1n) is 10.3. The number of rotatable bonds is 10. The summed E-state index contributed by atoms with van der Waals surface area (Å²) < 4.78 is 44.4. The van der Waals surface area contributed by atoms with Crippen molar-refractivity contribution in [1.29, 1.82) is 0 Å². The van der Waals surface area contributed by atoms with Crippen LogP contribution in [0.25, 0.3) is 10.9 Å². The summed E-state index contributed by atoms with van der Waals surface area (Å²) in [6, 6.07) is 12.7. The number of nitrogens with zero attached hydrogens (tertiary/aromatic N) is 1. The lowest BCUT2D eigenvalue weighted by Gasteiger charge is -2.14. The van der Waals surface area contributed by atoms with E-state index in [0.29, 0.717) is 29.0 Å². The molecular formula is C23H27NO6S. The van der Waals surface area contributed by atoms with E-state index in [1.807, 2.05) is 0 Å². The number of esters is 1. The van der Waals surface area contributed by atoms with Gasteiger partial charge in [-0.05, 0) is 37.6 Å². The number of ether oxygens (including phenoxy) is 3. The van der Waals surface area contributed by atoms with E-state index in [4.69, 9.17) is 14.2 Å². The van der Waals surface area contributed by atoms with E-state index in [1.54, 1.807) is 37.3 Å². The average molecular weight is 446 g/mol. The van der Waals surface area contributed by atoms with E-state index in [9.17, 15) is 13.2 Å². The molecule has 1 heterocycles. The highest BCUT2D eigenvalue weighted by molar-refractivity contribution is 7.90. The Bertz CT molecular complexity index is 1150. The lowest BCUT2D eigenvalue weighted by molar-refractivity contribution is 0.0518. The highest BCUT2D eigenvalue weighted by Crippen LogP contribution is 2.36. The van der Waals surface area contributed by atoms with Crippen molar-refractivity contribution in [2.75, 3.05) is 20.3 Å². The van der Waals surface area contributed by atoms with E-state index >= 15 is 0 Å². The van der Waals surface area contributed by atoms with E-state index in [1.165, 1.54) is 25.3 Å². The molecule has 0 spiro atoms. The highest BCUT2D eigenvalue weighted by atomic mass is 32.2. The minimum Gasteiger partial charge on any atom is -0.493 e. The molecule has 0 radical (unpaired) electrons. The Morgan fingerprint density at radius 2 is 1.74 bits per heavy atom. The number of hydrogen-bond acceptors (Lipinski definition) is 6. The standard InChI is InChI=1S/C23H27NO6S/c1-4-6-10-13-30-22-15-17-14-20(23(25)29-5-2)24(19(17)16-21(22)28-3)31(26,27)18-11-8-7-9-12-18/h7-9,11-12,14-16H,4-6,10,13H2,1-3H3. The average Bonchev–Trinajstić information content (AvgIpc) is 3.16. The van der Waals surface area contributed by atoms with Crippen LogP contribution in [0.5, 0.6) is 11.5 Å². The van der Waals surface area contributed by atoms with Gasteiger partial charge < -0.3 is 14.2 Å². The van der Waals surface area contributed by atoms with Crippen LogP contribution in [0.4, 0.5) is 0 Å². The molecule has 2 aromatic carbocycles. The second-order valence-electron chi connectivity index (χ2n) is 6.95. The fraction of sp³-hybridized carbons (Fsp3) is 0.348. The summed E-state index contributed by atoms with van der Waals surface area (Å²) >= 11 is 0. The maximum absolute atomic E-state index is 13.5.